The quantitative estimate of drug-likeness (QED) is 0.865. The Labute approximate surface area is 129 Å². The predicted octanol–water partition coefficient (Wildman–Crippen LogP) is 4.49. The van der Waals surface area contributed by atoms with Crippen LogP contribution in [-0.2, 0) is 0 Å². The Balaban J connectivity index is 2.34. The highest BCUT2D eigenvalue weighted by Crippen LogP contribution is 2.29. The van der Waals surface area contributed by atoms with E-state index in [1.165, 1.54) is 22.3 Å². The van der Waals surface area contributed by atoms with Crippen molar-refractivity contribution in [3.05, 3.63) is 63.1 Å². The second-order valence-corrected chi connectivity index (χ2v) is 6.06. The summed E-state index contributed by atoms with van der Waals surface area (Å²) in [5.74, 6) is 0. The van der Waals surface area contributed by atoms with Gasteiger partial charge in [0, 0.05) is 16.7 Å². The molecule has 0 aromatic heterocycles. The number of nitrogens with one attached hydrogen (secondary N) is 1. The third-order valence-corrected chi connectivity index (χ3v) is 4.40. The molecule has 0 amide bonds. The molecule has 0 aliphatic rings. The van der Waals surface area contributed by atoms with Gasteiger partial charge in [-0.25, -0.2) is 0 Å². The fourth-order valence-electron chi connectivity index (χ4n) is 2.35. The van der Waals surface area contributed by atoms with Crippen LogP contribution in [0.25, 0.3) is 0 Å². The van der Waals surface area contributed by atoms with Gasteiger partial charge >= 0.3 is 0 Å². The summed E-state index contributed by atoms with van der Waals surface area (Å²) in [7, 11) is 0. The van der Waals surface area contributed by atoms with E-state index in [9.17, 15) is 0 Å². The molecule has 0 fully saturated rings. The van der Waals surface area contributed by atoms with Crippen LogP contribution >= 0.6 is 15.9 Å². The van der Waals surface area contributed by atoms with Crippen molar-refractivity contribution in [3.8, 4) is 0 Å². The normalized spacial score (nSPS) is 12.2. The molecule has 2 aromatic carbocycles. The second-order valence-electron chi connectivity index (χ2n) is 5.21. The maximum absolute atomic E-state index is 5.98. The van der Waals surface area contributed by atoms with Crippen molar-refractivity contribution in [3.63, 3.8) is 0 Å². The van der Waals surface area contributed by atoms with Gasteiger partial charge in [-0.3, -0.25) is 0 Å². The molecule has 1 unspecified atom stereocenters. The zero-order chi connectivity index (χ0) is 14.7. The van der Waals surface area contributed by atoms with E-state index in [1.54, 1.807) is 0 Å². The molecule has 2 aromatic rings. The number of halogens is 1. The Morgan fingerprint density at radius 3 is 2.60 bits per heavy atom. The van der Waals surface area contributed by atoms with E-state index in [2.05, 4.69) is 78.4 Å². The van der Waals surface area contributed by atoms with Gasteiger partial charge in [0.25, 0.3) is 0 Å². The molecule has 0 saturated carbocycles. The Hall–Kier alpha value is -1.32. The summed E-state index contributed by atoms with van der Waals surface area (Å²) in [5, 5.41) is 3.55. The third-order valence-electron chi connectivity index (χ3n) is 3.71. The summed E-state index contributed by atoms with van der Waals surface area (Å²) in [6.07, 6.45) is 0. The largest absolute Gasteiger partial charge is 0.376 e. The molecule has 2 rings (SSSR count). The van der Waals surface area contributed by atoms with E-state index in [-0.39, 0.29) is 6.04 Å². The van der Waals surface area contributed by atoms with Crippen LogP contribution in [0.5, 0.6) is 0 Å². The zero-order valence-corrected chi connectivity index (χ0v) is 13.8. The zero-order valence-electron chi connectivity index (χ0n) is 12.2. The van der Waals surface area contributed by atoms with E-state index in [4.69, 9.17) is 5.73 Å². The fourth-order valence-corrected chi connectivity index (χ4v) is 2.71. The number of benzene rings is 2. The lowest BCUT2D eigenvalue weighted by Crippen LogP contribution is -2.22. The summed E-state index contributed by atoms with van der Waals surface area (Å²) >= 11 is 3.59. The molecule has 0 radical (unpaired) electrons. The maximum atomic E-state index is 5.98. The van der Waals surface area contributed by atoms with Crippen LogP contribution in [0.4, 0.5) is 5.69 Å². The number of hydrogen-bond acceptors (Lipinski definition) is 2. The van der Waals surface area contributed by atoms with Gasteiger partial charge in [0.05, 0.1) is 6.04 Å². The van der Waals surface area contributed by atoms with Crippen molar-refractivity contribution < 1.29 is 0 Å². The lowest BCUT2D eigenvalue weighted by atomic mass is 9.97. The minimum Gasteiger partial charge on any atom is -0.376 e. The molecule has 106 valence electrons. The molecular weight excluding hydrogens is 312 g/mol. The fraction of sp³-hybridized carbons (Fsp3) is 0.294. The first-order valence-electron chi connectivity index (χ1n) is 6.81. The van der Waals surface area contributed by atoms with Gasteiger partial charge in [0.2, 0.25) is 0 Å². The Bertz CT molecular complexity index is 608. The Morgan fingerprint density at radius 2 is 1.90 bits per heavy atom. The SMILES string of the molecule is Cc1ccc(Br)c(NC(CN)c2cccc(C)c2C)c1. The van der Waals surface area contributed by atoms with Crippen LogP contribution in [0.2, 0.25) is 0 Å². The molecule has 0 aliphatic carbocycles. The van der Waals surface area contributed by atoms with Gasteiger partial charge in [-0.1, -0.05) is 24.3 Å². The van der Waals surface area contributed by atoms with Gasteiger partial charge in [0.1, 0.15) is 0 Å². The van der Waals surface area contributed by atoms with Crippen molar-refractivity contribution in [2.24, 2.45) is 5.73 Å². The molecule has 0 bridgehead atoms. The number of hydrogen-bond donors (Lipinski definition) is 2. The smallest absolute Gasteiger partial charge is 0.0639 e. The predicted molar refractivity (Wildman–Crippen MR) is 90.2 cm³/mol. The van der Waals surface area contributed by atoms with Crippen LogP contribution in [0.3, 0.4) is 0 Å². The summed E-state index contributed by atoms with van der Waals surface area (Å²) < 4.78 is 1.06. The van der Waals surface area contributed by atoms with E-state index in [1.807, 2.05) is 0 Å². The highest BCUT2D eigenvalue weighted by atomic mass is 79.9. The van der Waals surface area contributed by atoms with Crippen LogP contribution < -0.4 is 11.1 Å². The van der Waals surface area contributed by atoms with E-state index in [0.29, 0.717) is 6.54 Å². The van der Waals surface area contributed by atoms with Gasteiger partial charge in [-0.2, -0.15) is 0 Å². The van der Waals surface area contributed by atoms with E-state index < -0.39 is 0 Å². The van der Waals surface area contributed by atoms with Crippen molar-refractivity contribution in [2.45, 2.75) is 26.8 Å². The number of rotatable bonds is 4. The Morgan fingerprint density at radius 1 is 1.15 bits per heavy atom. The number of nitrogens with two attached hydrogens (primary N) is 1. The maximum Gasteiger partial charge on any atom is 0.0639 e. The first-order valence-corrected chi connectivity index (χ1v) is 7.61. The molecule has 20 heavy (non-hydrogen) atoms. The van der Waals surface area contributed by atoms with Crippen molar-refractivity contribution in [2.75, 3.05) is 11.9 Å². The number of aryl methyl sites for hydroxylation is 2. The molecule has 2 nitrogen and oxygen atoms in total. The minimum atomic E-state index is 0.119. The second kappa shape index (κ2) is 6.42. The molecular formula is C17H21BrN2. The molecule has 0 saturated heterocycles. The molecule has 3 heteroatoms. The van der Waals surface area contributed by atoms with Gasteiger partial charge in [-0.05, 0) is 71.1 Å². The summed E-state index contributed by atoms with van der Waals surface area (Å²) in [4.78, 5) is 0. The molecule has 3 N–H and O–H groups in total. The monoisotopic (exact) mass is 332 g/mol. The van der Waals surface area contributed by atoms with Crippen LogP contribution in [0, 0.1) is 20.8 Å². The van der Waals surface area contributed by atoms with Crippen LogP contribution in [0.15, 0.2) is 40.9 Å². The molecule has 0 heterocycles. The van der Waals surface area contributed by atoms with E-state index in [0.717, 1.165) is 10.2 Å². The van der Waals surface area contributed by atoms with Gasteiger partial charge in [-0.15, -0.1) is 0 Å². The Kier molecular flexibility index (Phi) is 4.84. The summed E-state index contributed by atoms with van der Waals surface area (Å²) in [5.41, 5.74) is 12.2. The van der Waals surface area contributed by atoms with Crippen molar-refractivity contribution in [1.29, 1.82) is 0 Å². The van der Waals surface area contributed by atoms with Crippen LogP contribution in [-0.4, -0.2) is 6.54 Å². The molecule has 1 atom stereocenters. The average molecular weight is 333 g/mol. The first kappa shape index (κ1) is 15.1. The van der Waals surface area contributed by atoms with Crippen molar-refractivity contribution >= 4 is 21.6 Å². The molecule has 0 aliphatic heterocycles. The van der Waals surface area contributed by atoms with E-state index >= 15 is 0 Å². The summed E-state index contributed by atoms with van der Waals surface area (Å²) in [6.45, 7) is 6.94. The van der Waals surface area contributed by atoms with Gasteiger partial charge in [0.15, 0.2) is 0 Å². The highest BCUT2D eigenvalue weighted by molar-refractivity contribution is 9.10. The average Bonchev–Trinajstić information content (AvgIpc) is 2.43. The number of anilines is 1. The lowest BCUT2D eigenvalue weighted by Gasteiger charge is -2.22. The van der Waals surface area contributed by atoms with Crippen LogP contribution in [0.1, 0.15) is 28.3 Å². The topological polar surface area (TPSA) is 38.0 Å². The standard InChI is InChI=1S/C17H21BrN2/c1-11-7-8-15(18)16(9-11)20-17(10-19)14-6-4-5-12(2)13(14)3/h4-9,17,20H,10,19H2,1-3H3. The lowest BCUT2D eigenvalue weighted by molar-refractivity contribution is 0.781. The minimum absolute atomic E-state index is 0.119. The third kappa shape index (κ3) is 3.22. The van der Waals surface area contributed by atoms with Gasteiger partial charge < -0.3 is 11.1 Å². The first-order chi connectivity index (χ1) is 9.52. The van der Waals surface area contributed by atoms with Crippen molar-refractivity contribution in [1.82, 2.24) is 0 Å². The highest BCUT2D eigenvalue weighted by Gasteiger charge is 2.14. The summed E-state index contributed by atoms with van der Waals surface area (Å²) in [6, 6.07) is 12.8. The molecule has 0 spiro atoms.